The third kappa shape index (κ3) is 6.34. The van der Waals surface area contributed by atoms with E-state index in [-0.39, 0.29) is 5.91 Å². The molecule has 0 spiro atoms. The minimum Gasteiger partial charge on any atom is -0.497 e. The van der Waals surface area contributed by atoms with Gasteiger partial charge in [0.15, 0.2) is 0 Å². The highest BCUT2D eigenvalue weighted by molar-refractivity contribution is 6.02. The van der Waals surface area contributed by atoms with Crippen molar-refractivity contribution in [1.29, 1.82) is 5.26 Å². The molecule has 0 unspecified atom stereocenters. The minimum absolute atomic E-state index is 0.226. The number of amides is 1. The summed E-state index contributed by atoms with van der Waals surface area (Å²) in [6.07, 6.45) is 7.12. The number of hydrogen-bond acceptors (Lipinski definition) is 4. The van der Waals surface area contributed by atoms with Gasteiger partial charge < -0.3 is 14.8 Å². The summed E-state index contributed by atoms with van der Waals surface area (Å²) in [6, 6.07) is 22.3. The Bertz CT molecular complexity index is 1120. The summed E-state index contributed by atoms with van der Waals surface area (Å²) in [5.74, 6) is 1.23. The van der Waals surface area contributed by atoms with Gasteiger partial charge in [0, 0.05) is 17.8 Å². The third-order valence-corrected chi connectivity index (χ3v) is 4.49. The lowest BCUT2D eigenvalue weighted by molar-refractivity contribution is -0.111. The van der Waals surface area contributed by atoms with Crippen molar-refractivity contribution in [3.63, 3.8) is 0 Å². The van der Waals surface area contributed by atoms with Gasteiger partial charge >= 0.3 is 0 Å². The monoisotopic (exact) mass is 410 g/mol. The fourth-order valence-corrected chi connectivity index (χ4v) is 2.82. The van der Waals surface area contributed by atoms with E-state index in [1.807, 2.05) is 54.6 Å². The second-order valence-electron chi connectivity index (χ2n) is 6.66. The average Bonchev–Trinajstić information content (AvgIpc) is 2.82. The molecule has 0 aliphatic heterocycles. The molecule has 0 atom stereocenters. The van der Waals surface area contributed by atoms with Crippen LogP contribution in [0.5, 0.6) is 11.5 Å². The SMILES string of the molecule is COc1cc(/C=C/c2ccc(NC(=O)/C=C/c3ccc(C#N)cc3)cc2)cc(OC)c1. The summed E-state index contributed by atoms with van der Waals surface area (Å²) >= 11 is 0. The highest BCUT2D eigenvalue weighted by Gasteiger charge is 2.01. The number of nitriles is 1. The summed E-state index contributed by atoms with van der Waals surface area (Å²) < 4.78 is 10.6. The number of nitrogens with one attached hydrogen (secondary N) is 1. The number of rotatable bonds is 7. The Morgan fingerprint density at radius 3 is 1.94 bits per heavy atom. The maximum atomic E-state index is 12.1. The molecule has 0 saturated heterocycles. The number of nitrogens with zero attached hydrogens (tertiary/aromatic N) is 1. The first kappa shape index (κ1) is 21.4. The van der Waals surface area contributed by atoms with E-state index >= 15 is 0 Å². The van der Waals surface area contributed by atoms with Crippen LogP contribution in [0.3, 0.4) is 0 Å². The number of carbonyl (C=O) groups excluding carboxylic acids is 1. The Morgan fingerprint density at radius 1 is 0.806 bits per heavy atom. The first-order valence-corrected chi connectivity index (χ1v) is 9.60. The second-order valence-corrected chi connectivity index (χ2v) is 6.66. The summed E-state index contributed by atoms with van der Waals surface area (Å²) in [5, 5.41) is 11.6. The molecule has 3 rings (SSSR count). The van der Waals surface area contributed by atoms with Gasteiger partial charge in [0.25, 0.3) is 0 Å². The molecule has 0 aromatic heterocycles. The van der Waals surface area contributed by atoms with Gasteiger partial charge in [-0.2, -0.15) is 5.26 Å². The molecule has 0 aliphatic carbocycles. The van der Waals surface area contributed by atoms with Gasteiger partial charge in [0.1, 0.15) is 11.5 Å². The van der Waals surface area contributed by atoms with E-state index in [0.717, 1.165) is 28.2 Å². The van der Waals surface area contributed by atoms with Gasteiger partial charge in [-0.25, -0.2) is 0 Å². The van der Waals surface area contributed by atoms with Crippen LogP contribution in [-0.2, 0) is 4.79 Å². The number of methoxy groups -OCH3 is 2. The Balaban J connectivity index is 1.60. The van der Waals surface area contributed by atoms with Gasteiger partial charge in [0.2, 0.25) is 5.91 Å². The Kier molecular flexibility index (Phi) is 7.23. The smallest absolute Gasteiger partial charge is 0.248 e. The zero-order valence-electron chi connectivity index (χ0n) is 17.3. The van der Waals surface area contributed by atoms with E-state index in [1.165, 1.54) is 6.08 Å². The van der Waals surface area contributed by atoms with Crippen LogP contribution in [0.1, 0.15) is 22.3 Å². The molecule has 154 valence electrons. The molecule has 3 aromatic rings. The molecule has 1 amide bonds. The van der Waals surface area contributed by atoms with E-state index in [4.69, 9.17) is 14.7 Å². The van der Waals surface area contributed by atoms with Gasteiger partial charge in [-0.05, 0) is 59.2 Å². The van der Waals surface area contributed by atoms with Crippen LogP contribution >= 0.6 is 0 Å². The largest absolute Gasteiger partial charge is 0.497 e. The normalized spacial score (nSPS) is 10.7. The van der Waals surface area contributed by atoms with Gasteiger partial charge in [-0.3, -0.25) is 4.79 Å². The molecular formula is C26H22N2O3. The van der Waals surface area contributed by atoms with Gasteiger partial charge in [0.05, 0.1) is 25.9 Å². The van der Waals surface area contributed by atoms with Crippen molar-refractivity contribution in [2.45, 2.75) is 0 Å². The summed E-state index contributed by atoms with van der Waals surface area (Å²) in [5.41, 5.74) is 4.09. The number of anilines is 1. The Hall–Kier alpha value is -4.30. The second kappa shape index (κ2) is 10.5. The minimum atomic E-state index is -0.226. The van der Waals surface area contributed by atoms with Crippen LogP contribution in [-0.4, -0.2) is 20.1 Å². The standard InChI is InChI=1S/C26H22N2O3/c1-30-24-15-22(16-25(17-24)31-2)8-5-20-9-12-23(13-10-20)28-26(29)14-11-19-3-6-21(18-27)7-4-19/h3-17H,1-2H3,(H,28,29)/b8-5+,14-11+. The lowest BCUT2D eigenvalue weighted by Crippen LogP contribution is -2.07. The molecule has 0 radical (unpaired) electrons. The van der Waals surface area contributed by atoms with Crippen molar-refractivity contribution in [1.82, 2.24) is 0 Å². The van der Waals surface area contributed by atoms with Crippen LogP contribution in [0, 0.1) is 11.3 Å². The highest BCUT2D eigenvalue weighted by atomic mass is 16.5. The van der Waals surface area contributed by atoms with E-state index in [9.17, 15) is 4.79 Å². The van der Waals surface area contributed by atoms with Gasteiger partial charge in [-0.1, -0.05) is 36.4 Å². The fourth-order valence-electron chi connectivity index (χ4n) is 2.82. The third-order valence-electron chi connectivity index (χ3n) is 4.49. The number of ether oxygens (including phenoxy) is 2. The first-order valence-electron chi connectivity index (χ1n) is 9.60. The quantitative estimate of drug-likeness (QED) is 0.418. The van der Waals surface area contributed by atoms with Crippen LogP contribution in [0.4, 0.5) is 5.69 Å². The molecule has 0 heterocycles. The molecule has 0 bridgehead atoms. The predicted octanol–water partition coefficient (Wildman–Crippen LogP) is 5.40. The summed E-state index contributed by atoms with van der Waals surface area (Å²) in [6.45, 7) is 0. The first-order chi connectivity index (χ1) is 15.1. The zero-order valence-corrected chi connectivity index (χ0v) is 17.3. The maximum Gasteiger partial charge on any atom is 0.248 e. The zero-order chi connectivity index (χ0) is 22.1. The Morgan fingerprint density at radius 2 is 1.35 bits per heavy atom. The molecule has 1 N–H and O–H groups in total. The molecule has 5 nitrogen and oxygen atoms in total. The van der Waals surface area contributed by atoms with Crippen molar-refractivity contribution in [3.05, 3.63) is 95.1 Å². The van der Waals surface area contributed by atoms with E-state index in [0.29, 0.717) is 11.3 Å². The average molecular weight is 410 g/mol. The molecule has 0 saturated carbocycles. The van der Waals surface area contributed by atoms with Gasteiger partial charge in [-0.15, -0.1) is 0 Å². The molecular weight excluding hydrogens is 388 g/mol. The van der Waals surface area contributed by atoms with Crippen molar-refractivity contribution < 1.29 is 14.3 Å². The van der Waals surface area contributed by atoms with E-state index in [1.54, 1.807) is 44.6 Å². The highest BCUT2D eigenvalue weighted by Crippen LogP contribution is 2.24. The van der Waals surface area contributed by atoms with Crippen LogP contribution in [0.15, 0.2) is 72.8 Å². The lowest BCUT2D eigenvalue weighted by atomic mass is 10.1. The fraction of sp³-hybridized carbons (Fsp3) is 0.0769. The van der Waals surface area contributed by atoms with Crippen molar-refractivity contribution in [3.8, 4) is 17.6 Å². The summed E-state index contributed by atoms with van der Waals surface area (Å²) in [4.78, 5) is 12.1. The maximum absolute atomic E-state index is 12.1. The number of hydrogen-bond donors (Lipinski definition) is 1. The molecule has 0 aliphatic rings. The Labute approximate surface area is 181 Å². The lowest BCUT2D eigenvalue weighted by Gasteiger charge is -2.06. The van der Waals surface area contributed by atoms with Crippen molar-refractivity contribution >= 4 is 29.8 Å². The molecule has 0 fully saturated rings. The number of carbonyl (C=O) groups is 1. The molecule has 5 heteroatoms. The van der Waals surface area contributed by atoms with E-state index < -0.39 is 0 Å². The van der Waals surface area contributed by atoms with Crippen LogP contribution in [0.25, 0.3) is 18.2 Å². The van der Waals surface area contributed by atoms with Crippen molar-refractivity contribution in [2.24, 2.45) is 0 Å². The van der Waals surface area contributed by atoms with E-state index in [2.05, 4.69) is 11.4 Å². The molecule has 31 heavy (non-hydrogen) atoms. The van der Waals surface area contributed by atoms with Crippen LogP contribution < -0.4 is 14.8 Å². The molecule has 3 aromatic carbocycles. The number of benzene rings is 3. The van der Waals surface area contributed by atoms with Crippen LogP contribution in [0.2, 0.25) is 0 Å². The topological polar surface area (TPSA) is 71.3 Å². The summed E-state index contributed by atoms with van der Waals surface area (Å²) in [7, 11) is 3.24. The predicted molar refractivity (Wildman–Crippen MR) is 124 cm³/mol. The van der Waals surface area contributed by atoms with Crippen molar-refractivity contribution in [2.75, 3.05) is 19.5 Å².